The quantitative estimate of drug-likeness (QED) is 0.688. The molecule has 1 aromatic heterocycles. The van der Waals surface area contributed by atoms with Crippen molar-refractivity contribution in [2.24, 2.45) is 7.05 Å². The highest BCUT2D eigenvalue weighted by Crippen LogP contribution is 2.29. The number of aliphatic carboxylic acids is 1. The molecule has 0 spiro atoms. The second kappa shape index (κ2) is 6.64. The smallest absolute Gasteiger partial charge is 0.328 e. The number of fused-ring (bicyclic) bond motifs is 1. The van der Waals surface area contributed by atoms with E-state index in [1.54, 1.807) is 0 Å². The van der Waals surface area contributed by atoms with Gasteiger partial charge in [-0.15, -0.1) is 11.8 Å². The summed E-state index contributed by atoms with van der Waals surface area (Å²) < 4.78 is 1.98. The van der Waals surface area contributed by atoms with E-state index in [-0.39, 0.29) is 5.75 Å². The number of nitrogens with zero attached hydrogens (tertiary/aromatic N) is 1. The minimum Gasteiger partial charge on any atom is -0.480 e. The van der Waals surface area contributed by atoms with E-state index < -0.39 is 24.5 Å². The molecule has 2 aromatic rings. The molecule has 0 fully saturated rings. The highest BCUT2D eigenvalue weighted by molar-refractivity contribution is 8.00. The normalized spacial score (nSPS) is 12.3. The summed E-state index contributed by atoms with van der Waals surface area (Å²) in [5.74, 6) is -1.58. The monoisotopic (exact) mass is 308 g/mol. The Balaban J connectivity index is 2.02. The highest BCUT2D eigenvalue weighted by Gasteiger charge is 2.19. The molecule has 1 aromatic carbocycles. The van der Waals surface area contributed by atoms with Gasteiger partial charge in [0.25, 0.3) is 0 Å². The molecule has 7 heteroatoms. The lowest BCUT2D eigenvalue weighted by Crippen LogP contribution is -2.44. The number of aliphatic hydroxyl groups excluding tert-OH is 1. The van der Waals surface area contributed by atoms with Crippen LogP contribution in [0.15, 0.2) is 35.4 Å². The second-order valence-electron chi connectivity index (χ2n) is 4.55. The van der Waals surface area contributed by atoms with Crippen LogP contribution >= 0.6 is 11.8 Å². The summed E-state index contributed by atoms with van der Waals surface area (Å²) in [4.78, 5) is 23.4. The number of hydrogen-bond acceptors (Lipinski definition) is 4. The van der Waals surface area contributed by atoms with Gasteiger partial charge >= 0.3 is 5.97 Å². The van der Waals surface area contributed by atoms with Gasteiger partial charge in [0.05, 0.1) is 12.4 Å². The van der Waals surface area contributed by atoms with Gasteiger partial charge in [0.1, 0.15) is 6.04 Å². The van der Waals surface area contributed by atoms with Crippen LogP contribution in [0.25, 0.3) is 10.9 Å². The third-order valence-corrected chi connectivity index (χ3v) is 4.08. The number of aryl methyl sites for hydroxylation is 1. The molecule has 0 saturated carbocycles. The van der Waals surface area contributed by atoms with E-state index in [1.165, 1.54) is 11.8 Å². The topological polar surface area (TPSA) is 91.6 Å². The molecule has 1 heterocycles. The molecule has 6 nitrogen and oxygen atoms in total. The predicted molar refractivity (Wildman–Crippen MR) is 80.3 cm³/mol. The number of aliphatic hydroxyl groups is 1. The van der Waals surface area contributed by atoms with Crippen molar-refractivity contribution in [1.29, 1.82) is 0 Å². The van der Waals surface area contributed by atoms with Gasteiger partial charge < -0.3 is 20.1 Å². The number of thioether (sulfide) groups is 1. The lowest BCUT2D eigenvalue weighted by atomic mass is 10.2. The van der Waals surface area contributed by atoms with Crippen LogP contribution in [0.3, 0.4) is 0 Å². The zero-order valence-electron chi connectivity index (χ0n) is 11.4. The lowest BCUT2D eigenvalue weighted by molar-refractivity contribution is -0.142. The molecule has 0 radical (unpaired) electrons. The van der Waals surface area contributed by atoms with Crippen molar-refractivity contribution in [3.8, 4) is 0 Å². The van der Waals surface area contributed by atoms with Crippen molar-refractivity contribution in [3.05, 3.63) is 30.5 Å². The maximum atomic E-state index is 11.7. The van der Waals surface area contributed by atoms with E-state index in [4.69, 9.17) is 10.2 Å². The predicted octanol–water partition coefficient (Wildman–Crippen LogP) is 0.832. The number of hydrogen-bond donors (Lipinski definition) is 3. The van der Waals surface area contributed by atoms with E-state index in [2.05, 4.69) is 5.32 Å². The fraction of sp³-hybridized carbons (Fsp3) is 0.286. The van der Waals surface area contributed by atoms with Crippen molar-refractivity contribution < 1.29 is 19.8 Å². The Bertz CT molecular complexity index is 668. The summed E-state index contributed by atoms with van der Waals surface area (Å²) >= 11 is 1.34. The maximum absolute atomic E-state index is 11.7. The number of benzene rings is 1. The van der Waals surface area contributed by atoms with E-state index in [1.807, 2.05) is 42.1 Å². The minimum atomic E-state index is -1.26. The number of amides is 1. The maximum Gasteiger partial charge on any atom is 0.328 e. The Kier molecular flexibility index (Phi) is 4.87. The zero-order chi connectivity index (χ0) is 15.4. The van der Waals surface area contributed by atoms with Gasteiger partial charge in [0.2, 0.25) is 5.91 Å². The molecule has 1 amide bonds. The van der Waals surface area contributed by atoms with Gasteiger partial charge in [-0.05, 0) is 6.07 Å². The van der Waals surface area contributed by atoms with Gasteiger partial charge in [-0.3, -0.25) is 4.79 Å². The fourth-order valence-electron chi connectivity index (χ4n) is 1.98. The summed E-state index contributed by atoms with van der Waals surface area (Å²) in [5.41, 5.74) is 1.07. The van der Waals surface area contributed by atoms with Gasteiger partial charge in [-0.1, -0.05) is 18.2 Å². The summed E-state index contributed by atoms with van der Waals surface area (Å²) in [7, 11) is 1.93. The Morgan fingerprint density at radius 3 is 2.76 bits per heavy atom. The number of carboxylic acids is 1. The van der Waals surface area contributed by atoms with E-state index in [0.29, 0.717) is 0 Å². The molecular formula is C14H16N2O4S. The number of carbonyl (C=O) groups is 2. The zero-order valence-corrected chi connectivity index (χ0v) is 12.3. The Hall–Kier alpha value is -1.99. The van der Waals surface area contributed by atoms with Crippen LogP contribution in [0.1, 0.15) is 0 Å². The highest BCUT2D eigenvalue weighted by atomic mass is 32.2. The number of rotatable bonds is 6. The molecule has 3 N–H and O–H groups in total. The number of carboxylic acid groups (broad SMARTS) is 1. The van der Waals surface area contributed by atoms with Crippen LogP contribution in [-0.4, -0.2) is 45.1 Å². The molecular weight excluding hydrogens is 292 g/mol. The van der Waals surface area contributed by atoms with Gasteiger partial charge in [-0.25, -0.2) is 4.79 Å². The lowest BCUT2D eigenvalue weighted by Gasteiger charge is -2.11. The van der Waals surface area contributed by atoms with Gasteiger partial charge in [0, 0.05) is 29.0 Å². The summed E-state index contributed by atoms with van der Waals surface area (Å²) in [6, 6.07) is 6.58. The van der Waals surface area contributed by atoms with Crippen molar-refractivity contribution >= 4 is 34.5 Å². The summed E-state index contributed by atoms with van der Waals surface area (Å²) in [6.45, 7) is -0.625. The van der Waals surface area contributed by atoms with Crippen molar-refractivity contribution in [3.63, 3.8) is 0 Å². The molecule has 112 valence electrons. The largest absolute Gasteiger partial charge is 0.480 e. The first kappa shape index (κ1) is 15.4. The van der Waals surface area contributed by atoms with E-state index >= 15 is 0 Å². The molecule has 2 rings (SSSR count). The van der Waals surface area contributed by atoms with Crippen molar-refractivity contribution in [2.75, 3.05) is 12.4 Å². The first-order valence-corrected chi connectivity index (χ1v) is 7.31. The molecule has 21 heavy (non-hydrogen) atoms. The van der Waals surface area contributed by atoms with Crippen LogP contribution < -0.4 is 5.32 Å². The standard InChI is InChI=1S/C14H16N2O4S/c1-16-6-12(9-4-2-3-5-11(9)16)21-8-13(18)15-10(7-17)14(19)20/h2-6,10,17H,7-8H2,1H3,(H,15,18)(H,19,20)/t10-/m0/s1. The average molecular weight is 308 g/mol. The second-order valence-corrected chi connectivity index (χ2v) is 5.57. The first-order chi connectivity index (χ1) is 10.0. The van der Waals surface area contributed by atoms with Crippen LogP contribution in [-0.2, 0) is 16.6 Å². The van der Waals surface area contributed by atoms with Crippen molar-refractivity contribution in [2.45, 2.75) is 10.9 Å². The van der Waals surface area contributed by atoms with Crippen LogP contribution in [0.2, 0.25) is 0 Å². The van der Waals surface area contributed by atoms with E-state index in [9.17, 15) is 9.59 Å². The molecule has 0 aliphatic heterocycles. The van der Waals surface area contributed by atoms with Crippen LogP contribution in [0.5, 0.6) is 0 Å². The Labute approximate surface area is 125 Å². The third kappa shape index (κ3) is 3.56. The fourth-order valence-corrected chi connectivity index (χ4v) is 2.92. The molecule has 1 atom stereocenters. The summed E-state index contributed by atoms with van der Waals surface area (Å²) in [5, 5.41) is 21.0. The van der Waals surface area contributed by atoms with Gasteiger partial charge in [-0.2, -0.15) is 0 Å². The Morgan fingerprint density at radius 1 is 1.38 bits per heavy atom. The number of nitrogens with one attached hydrogen (secondary N) is 1. The molecule has 0 unspecified atom stereocenters. The van der Waals surface area contributed by atoms with E-state index in [0.717, 1.165) is 15.8 Å². The van der Waals surface area contributed by atoms with Crippen molar-refractivity contribution in [1.82, 2.24) is 9.88 Å². The average Bonchev–Trinajstić information content (AvgIpc) is 2.79. The minimum absolute atomic E-state index is 0.0950. The molecule has 0 aliphatic rings. The summed E-state index contributed by atoms with van der Waals surface area (Å²) in [6.07, 6.45) is 1.93. The molecule has 0 saturated heterocycles. The number of aromatic nitrogens is 1. The SMILES string of the molecule is Cn1cc(SCC(=O)N[C@@H](CO)C(=O)O)c2ccccc21. The Morgan fingerprint density at radius 2 is 2.10 bits per heavy atom. The first-order valence-electron chi connectivity index (χ1n) is 6.33. The van der Waals surface area contributed by atoms with Gasteiger partial charge in [0.15, 0.2) is 0 Å². The molecule has 0 aliphatic carbocycles. The van der Waals surface area contributed by atoms with Crippen LogP contribution in [0.4, 0.5) is 0 Å². The third-order valence-electron chi connectivity index (χ3n) is 3.04. The number of para-hydroxylation sites is 1. The number of carbonyl (C=O) groups excluding carboxylic acids is 1. The molecule has 0 bridgehead atoms. The van der Waals surface area contributed by atoms with Crippen LogP contribution in [0, 0.1) is 0 Å².